The van der Waals surface area contributed by atoms with Crippen LogP contribution in [0.2, 0.25) is 0 Å². The SMILES string of the molecule is COC(C)=NS(=O)(=O)c1nc(-c2ccc(OC(=O)C(C)(C)C)cc2)ns1. The van der Waals surface area contributed by atoms with Gasteiger partial charge in [-0.1, -0.05) is 0 Å². The minimum absolute atomic E-state index is 0.00627. The van der Waals surface area contributed by atoms with Crippen molar-refractivity contribution in [2.75, 3.05) is 7.11 Å². The van der Waals surface area contributed by atoms with Crippen molar-refractivity contribution in [2.45, 2.75) is 32.0 Å². The molecule has 0 radical (unpaired) electrons. The normalized spacial score (nSPS) is 12.7. The standard InChI is InChI=1S/C16H19N3O5S2/c1-10(23-5)19-26(21,22)15-17-13(18-25-15)11-6-8-12(9-7-11)24-14(20)16(2,3)4/h6-9H,1-5H3. The Labute approximate surface area is 156 Å². The number of sulfonamides is 1. The Kier molecular flexibility index (Phi) is 5.77. The van der Waals surface area contributed by atoms with E-state index in [9.17, 15) is 13.2 Å². The highest BCUT2D eigenvalue weighted by Crippen LogP contribution is 2.25. The highest BCUT2D eigenvalue weighted by atomic mass is 32.2. The van der Waals surface area contributed by atoms with Crippen molar-refractivity contribution in [3.63, 3.8) is 0 Å². The number of benzene rings is 1. The van der Waals surface area contributed by atoms with E-state index in [1.165, 1.54) is 14.0 Å². The molecule has 0 atom stereocenters. The number of rotatable bonds is 4. The third kappa shape index (κ3) is 4.85. The van der Waals surface area contributed by atoms with Crippen LogP contribution in [0.1, 0.15) is 27.7 Å². The van der Waals surface area contributed by atoms with Gasteiger partial charge in [0.15, 0.2) is 11.7 Å². The number of hydrogen-bond acceptors (Lipinski definition) is 8. The molecule has 0 unspecified atom stereocenters. The van der Waals surface area contributed by atoms with E-state index in [2.05, 4.69) is 13.8 Å². The van der Waals surface area contributed by atoms with Crippen LogP contribution in [0.4, 0.5) is 0 Å². The van der Waals surface area contributed by atoms with Gasteiger partial charge in [0.1, 0.15) is 5.75 Å². The van der Waals surface area contributed by atoms with Gasteiger partial charge in [0, 0.05) is 24.0 Å². The Balaban J connectivity index is 2.21. The molecule has 0 fully saturated rings. The molecule has 26 heavy (non-hydrogen) atoms. The fourth-order valence-electron chi connectivity index (χ4n) is 1.61. The second-order valence-corrected chi connectivity index (χ2v) is 8.87. The Morgan fingerprint density at radius 1 is 1.19 bits per heavy atom. The number of hydrogen-bond donors (Lipinski definition) is 0. The van der Waals surface area contributed by atoms with Gasteiger partial charge in [0.25, 0.3) is 4.34 Å². The fourth-order valence-corrected chi connectivity index (χ4v) is 3.34. The molecular formula is C16H19N3O5S2. The molecule has 10 heteroatoms. The summed E-state index contributed by atoms with van der Waals surface area (Å²) in [5, 5.41) is 0. The Morgan fingerprint density at radius 2 is 1.81 bits per heavy atom. The van der Waals surface area contributed by atoms with E-state index >= 15 is 0 Å². The molecule has 1 heterocycles. The molecule has 8 nitrogen and oxygen atoms in total. The predicted octanol–water partition coefficient (Wildman–Crippen LogP) is 2.91. The molecule has 0 saturated carbocycles. The topological polar surface area (TPSA) is 108 Å². The highest BCUT2D eigenvalue weighted by Gasteiger charge is 2.24. The first kappa shape index (κ1) is 20.0. The molecule has 1 aromatic carbocycles. The third-order valence-corrected chi connectivity index (χ3v) is 5.50. The first-order valence-electron chi connectivity index (χ1n) is 7.55. The maximum absolute atomic E-state index is 12.1. The van der Waals surface area contributed by atoms with Crippen LogP contribution in [0.15, 0.2) is 33.0 Å². The minimum Gasteiger partial charge on any atom is -0.484 e. The largest absolute Gasteiger partial charge is 0.484 e. The minimum atomic E-state index is -3.96. The van der Waals surface area contributed by atoms with E-state index in [0.29, 0.717) is 11.3 Å². The number of ether oxygens (including phenoxy) is 2. The summed E-state index contributed by atoms with van der Waals surface area (Å²) in [6.45, 7) is 6.72. The number of aromatic nitrogens is 2. The van der Waals surface area contributed by atoms with Crippen molar-refractivity contribution in [3.8, 4) is 17.1 Å². The Hall–Kier alpha value is -2.33. The van der Waals surface area contributed by atoms with Gasteiger partial charge in [-0.15, -0.1) is 4.40 Å². The number of carbonyl (C=O) groups excluding carboxylic acids is 1. The van der Waals surface area contributed by atoms with Gasteiger partial charge in [-0.3, -0.25) is 4.79 Å². The van der Waals surface area contributed by atoms with E-state index in [1.54, 1.807) is 45.0 Å². The van der Waals surface area contributed by atoms with Gasteiger partial charge in [-0.25, -0.2) is 4.98 Å². The average molecular weight is 397 g/mol. The van der Waals surface area contributed by atoms with Gasteiger partial charge >= 0.3 is 16.0 Å². The zero-order chi connectivity index (χ0) is 19.5. The maximum Gasteiger partial charge on any atom is 0.316 e. The number of esters is 1. The van der Waals surface area contributed by atoms with Crippen molar-refractivity contribution in [1.29, 1.82) is 0 Å². The second-order valence-electron chi connectivity index (χ2n) is 6.34. The molecule has 0 aliphatic heterocycles. The summed E-state index contributed by atoms with van der Waals surface area (Å²) < 4.78 is 41.5. The first-order chi connectivity index (χ1) is 12.0. The molecule has 0 saturated heterocycles. The molecule has 1 aromatic heterocycles. The number of carbonyl (C=O) groups is 1. The van der Waals surface area contributed by atoms with Gasteiger partial charge in [-0.2, -0.15) is 12.8 Å². The van der Waals surface area contributed by atoms with Crippen LogP contribution in [-0.4, -0.2) is 36.8 Å². The summed E-state index contributed by atoms with van der Waals surface area (Å²) in [6.07, 6.45) is 0. The van der Waals surface area contributed by atoms with Crippen molar-refractivity contribution in [1.82, 2.24) is 9.36 Å². The molecule has 140 valence electrons. The molecule has 2 rings (SSSR count). The lowest BCUT2D eigenvalue weighted by atomic mass is 9.97. The van der Waals surface area contributed by atoms with Crippen molar-refractivity contribution in [3.05, 3.63) is 24.3 Å². The fraction of sp³-hybridized carbons (Fsp3) is 0.375. The predicted molar refractivity (Wildman–Crippen MR) is 97.7 cm³/mol. The summed E-state index contributed by atoms with van der Waals surface area (Å²) in [4.78, 5) is 15.9. The summed E-state index contributed by atoms with van der Waals surface area (Å²) in [7, 11) is -2.63. The van der Waals surface area contributed by atoms with Crippen molar-refractivity contribution >= 4 is 33.4 Å². The zero-order valence-electron chi connectivity index (χ0n) is 15.0. The molecule has 0 N–H and O–H groups in total. The lowest BCUT2D eigenvalue weighted by molar-refractivity contribution is -0.142. The Morgan fingerprint density at radius 3 is 2.35 bits per heavy atom. The van der Waals surface area contributed by atoms with E-state index in [-0.39, 0.29) is 22.0 Å². The van der Waals surface area contributed by atoms with Crippen LogP contribution in [0.5, 0.6) is 5.75 Å². The van der Waals surface area contributed by atoms with Crippen LogP contribution in [0.3, 0.4) is 0 Å². The van der Waals surface area contributed by atoms with E-state index in [4.69, 9.17) is 9.47 Å². The lowest BCUT2D eigenvalue weighted by Gasteiger charge is -2.16. The molecule has 0 spiro atoms. The van der Waals surface area contributed by atoms with Crippen LogP contribution < -0.4 is 4.74 Å². The average Bonchev–Trinajstić information content (AvgIpc) is 3.05. The quantitative estimate of drug-likeness (QED) is 0.338. The van der Waals surface area contributed by atoms with Crippen LogP contribution in [0.25, 0.3) is 11.4 Å². The smallest absolute Gasteiger partial charge is 0.316 e. The molecule has 0 aliphatic rings. The number of methoxy groups -OCH3 is 1. The van der Waals surface area contributed by atoms with Crippen molar-refractivity contribution < 1.29 is 22.7 Å². The van der Waals surface area contributed by atoms with E-state index < -0.39 is 15.4 Å². The first-order valence-corrected chi connectivity index (χ1v) is 9.76. The van der Waals surface area contributed by atoms with Gasteiger partial charge in [0.05, 0.1) is 12.5 Å². The lowest BCUT2D eigenvalue weighted by Crippen LogP contribution is -2.25. The van der Waals surface area contributed by atoms with E-state index in [0.717, 1.165) is 11.5 Å². The van der Waals surface area contributed by atoms with Gasteiger partial charge < -0.3 is 9.47 Å². The van der Waals surface area contributed by atoms with Crippen LogP contribution >= 0.6 is 11.5 Å². The van der Waals surface area contributed by atoms with Crippen LogP contribution in [-0.2, 0) is 19.6 Å². The van der Waals surface area contributed by atoms with Gasteiger partial charge in [-0.05, 0) is 45.0 Å². The Bertz CT molecular complexity index is 926. The van der Waals surface area contributed by atoms with Crippen LogP contribution in [0, 0.1) is 5.41 Å². The molecule has 0 amide bonds. The van der Waals surface area contributed by atoms with Gasteiger partial charge in [0.2, 0.25) is 0 Å². The van der Waals surface area contributed by atoms with E-state index in [1.807, 2.05) is 0 Å². The third-order valence-electron chi connectivity index (χ3n) is 3.11. The molecule has 0 aliphatic carbocycles. The highest BCUT2D eigenvalue weighted by molar-refractivity contribution is 7.92. The number of nitrogens with zero attached hydrogens (tertiary/aromatic N) is 3. The second kappa shape index (κ2) is 7.50. The monoisotopic (exact) mass is 397 g/mol. The summed E-state index contributed by atoms with van der Waals surface area (Å²) in [5.74, 6) is 0.285. The summed E-state index contributed by atoms with van der Waals surface area (Å²) in [6, 6.07) is 6.49. The maximum atomic E-state index is 12.1. The molecular weight excluding hydrogens is 378 g/mol. The molecule has 0 bridgehead atoms. The summed E-state index contributed by atoms with van der Waals surface area (Å²) in [5.41, 5.74) is -0.0232. The van der Waals surface area contributed by atoms with Crippen molar-refractivity contribution in [2.24, 2.45) is 9.81 Å². The zero-order valence-corrected chi connectivity index (χ0v) is 16.6. The summed E-state index contributed by atoms with van der Waals surface area (Å²) >= 11 is 0.725. The molecule has 2 aromatic rings.